The van der Waals surface area contributed by atoms with E-state index in [0.29, 0.717) is 19.5 Å². The summed E-state index contributed by atoms with van der Waals surface area (Å²) in [7, 11) is -1.34. The van der Waals surface area contributed by atoms with E-state index in [0.717, 1.165) is 26.5 Å². The lowest BCUT2D eigenvalue weighted by molar-refractivity contribution is -0.121. The summed E-state index contributed by atoms with van der Waals surface area (Å²) in [5, 5.41) is 11.8. The summed E-state index contributed by atoms with van der Waals surface area (Å²) in [6.45, 7) is 4.55. The number of nitrogens with zero attached hydrogens (tertiary/aromatic N) is 1. The highest BCUT2D eigenvalue weighted by atomic mass is 32.3. The lowest BCUT2D eigenvalue weighted by atomic mass is 10.1. The average molecular weight is 495 g/mol. The number of hydrogen-bond acceptors (Lipinski definition) is 6. The smallest absolute Gasteiger partial charge is 0.395 e. The van der Waals surface area contributed by atoms with Gasteiger partial charge in [-0.15, -0.1) is 0 Å². The third kappa shape index (κ3) is 33.3. The Morgan fingerprint density at radius 2 is 1.39 bits per heavy atom. The molecule has 33 heavy (non-hydrogen) atoms. The second kappa shape index (κ2) is 25.6. The molecule has 0 heterocycles. The normalized spacial score (nSPS) is 11.6. The standard InChI is InChI=1S/C23H46N2O2.CH4O4S/c1-3-4-5-6-7-8-9-10-11-12-13-14-15-16-17-18-23(27)24-19-20-25(2)21-22-26;1-5-6(2,3)4/h10-11,26H,3-9,12-22H2,1-2H3,(H,24,27);1H3,(H,2,3,4). The van der Waals surface area contributed by atoms with Crippen LogP contribution >= 0.6 is 0 Å². The van der Waals surface area contributed by atoms with Gasteiger partial charge in [0.2, 0.25) is 5.91 Å². The fourth-order valence-electron chi connectivity index (χ4n) is 3.11. The summed E-state index contributed by atoms with van der Waals surface area (Å²) in [5.41, 5.74) is 0. The van der Waals surface area contributed by atoms with Crippen LogP contribution in [0.4, 0.5) is 0 Å². The predicted molar refractivity (Wildman–Crippen MR) is 136 cm³/mol. The molecule has 0 spiro atoms. The summed E-state index contributed by atoms with van der Waals surface area (Å²) < 4.78 is 29.7. The molecule has 0 bridgehead atoms. The van der Waals surface area contributed by atoms with Crippen molar-refractivity contribution in [2.45, 2.75) is 96.8 Å². The number of aliphatic hydroxyl groups excluding tert-OH is 1. The van der Waals surface area contributed by atoms with Crippen molar-refractivity contribution in [1.29, 1.82) is 0 Å². The van der Waals surface area contributed by atoms with E-state index >= 15 is 0 Å². The van der Waals surface area contributed by atoms with Gasteiger partial charge in [0.15, 0.2) is 0 Å². The van der Waals surface area contributed by atoms with Crippen LogP contribution in [0.5, 0.6) is 0 Å². The zero-order chi connectivity index (χ0) is 25.2. The van der Waals surface area contributed by atoms with E-state index in [9.17, 15) is 13.2 Å². The van der Waals surface area contributed by atoms with Gasteiger partial charge >= 0.3 is 10.4 Å². The highest BCUT2D eigenvalue weighted by Gasteiger charge is 2.02. The van der Waals surface area contributed by atoms with Gasteiger partial charge in [-0.05, 0) is 39.2 Å². The van der Waals surface area contributed by atoms with Gasteiger partial charge < -0.3 is 15.3 Å². The van der Waals surface area contributed by atoms with Crippen LogP contribution in [-0.4, -0.2) is 69.3 Å². The van der Waals surface area contributed by atoms with Gasteiger partial charge in [-0.2, -0.15) is 8.42 Å². The maximum Gasteiger partial charge on any atom is 0.397 e. The molecule has 0 rings (SSSR count). The maximum atomic E-state index is 11.7. The Balaban J connectivity index is 0. The molecule has 0 radical (unpaired) electrons. The fraction of sp³-hybridized carbons (Fsp3) is 0.875. The monoisotopic (exact) mass is 494 g/mol. The summed E-state index contributed by atoms with van der Waals surface area (Å²) in [6.07, 6.45) is 22.0. The van der Waals surface area contributed by atoms with Crippen molar-refractivity contribution in [3.05, 3.63) is 12.2 Å². The van der Waals surface area contributed by atoms with E-state index in [4.69, 9.17) is 9.66 Å². The molecule has 0 aliphatic rings. The first-order valence-electron chi connectivity index (χ1n) is 12.5. The Hall–Kier alpha value is -1.00. The Bertz CT molecular complexity index is 555. The first kappa shape index (κ1) is 34.2. The van der Waals surface area contributed by atoms with Crippen molar-refractivity contribution in [2.24, 2.45) is 0 Å². The molecule has 198 valence electrons. The van der Waals surface area contributed by atoms with Crippen molar-refractivity contribution in [1.82, 2.24) is 10.2 Å². The number of nitrogens with one attached hydrogen (secondary N) is 1. The Morgan fingerprint density at radius 1 is 0.909 bits per heavy atom. The molecule has 0 saturated heterocycles. The number of likely N-dealkylation sites (N-methyl/N-ethyl adjacent to an activating group) is 1. The maximum absolute atomic E-state index is 11.7. The molecule has 9 heteroatoms. The summed E-state index contributed by atoms with van der Waals surface area (Å²) in [6, 6.07) is 0. The summed E-state index contributed by atoms with van der Waals surface area (Å²) in [4.78, 5) is 13.7. The molecule has 8 nitrogen and oxygen atoms in total. The van der Waals surface area contributed by atoms with Crippen LogP contribution in [-0.2, 0) is 19.4 Å². The Morgan fingerprint density at radius 3 is 1.88 bits per heavy atom. The van der Waals surface area contributed by atoms with Crippen LogP contribution in [0.15, 0.2) is 12.2 Å². The minimum Gasteiger partial charge on any atom is -0.395 e. The molecule has 0 aromatic heterocycles. The third-order valence-corrected chi connectivity index (χ3v) is 5.59. The van der Waals surface area contributed by atoms with Crippen LogP contribution in [0.1, 0.15) is 96.8 Å². The first-order valence-corrected chi connectivity index (χ1v) is 13.9. The molecule has 0 atom stereocenters. The van der Waals surface area contributed by atoms with Crippen LogP contribution in [0.3, 0.4) is 0 Å². The largest absolute Gasteiger partial charge is 0.397 e. The highest BCUT2D eigenvalue weighted by Crippen LogP contribution is 2.09. The van der Waals surface area contributed by atoms with Crippen molar-refractivity contribution in [3.63, 3.8) is 0 Å². The summed E-state index contributed by atoms with van der Waals surface area (Å²) in [5.74, 6) is 0.157. The molecular weight excluding hydrogens is 444 g/mol. The van der Waals surface area contributed by atoms with Crippen molar-refractivity contribution in [2.75, 3.05) is 40.4 Å². The number of rotatable bonds is 21. The number of amides is 1. The number of allylic oxidation sites excluding steroid dienone is 2. The number of carbonyl (C=O) groups excluding carboxylic acids is 1. The molecule has 0 aromatic rings. The van der Waals surface area contributed by atoms with E-state index in [1.807, 2.05) is 11.9 Å². The second-order valence-corrected chi connectivity index (χ2v) is 9.49. The lowest BCUT2D eigenvalue weighted by Gasteiger charge is -2.15. The second-order valence-electron chi connectivity index (χ2n) is 8.31. The van der Waals surface area contributed by atoms with Gasteiger partial charge in [0.05, 0.1) is 13.7 Å². The summed E-state index contributed by atoms with van der Waals surface area (Å²) >= 11 is 0. The molecule has 0 aliphatic heterocycles. The number of aliphatic hydroxyl groups is 1. The van der Waals surface area contributed by atoms with Crippen LogP contribution in [0.2, 0.25) is 0 Å². The number of unbranched alkanes of at least 4 members (excludes halogenated alkanes) is 11. The molecule has 0 fully saturated rings. The van der Waals surface area contributed by atoms with Crippen molar-refractivity contribution < 1.29 is 27.1 Å². The molecule has 1 amide bonds. The van der Waals surface area contributed by atoms with E-state index in [1.165, 1.54) is 70.6 Å². The zero-order valence-electron chi connectivity index (χ0n) is 21.3. The average Bonchev–Trinajstić information content (AvgIpc) is 2.76. The van der Waals surface area contributed by atoms with Gasteiger partial charge in [0.25, 0.3) is 0 Å². The van der Waals surface area contributed by atoms with Crippen LogP contribution in [0.25, 0.3) is 0 Å². The molecule has 0 unspecified atom stereocenters. The molecule has 0 aromatic carbocycles. The molecule has 0 aliphatic carbocycles. The topological polar surface area (TPSA) is 116 Å². The SMILES string of the molecule is CCCCCCCCC=CCCCCCCCC(=O)NCCN(C)CCO.COS(=O)(=O)O. The minimum atomic E-state index is -4.16. The van der Waals surface area contributed by atoms with Gasteiger partial charge in [0, 0.05) is 26.1 Å². The van der Waals surface area contributed by atoms with Gasteiger partial charge in [-0.3, -0.25) is 13.5 Å². The van der Waals surface area contributed by atoms with E-state index in [1.54, 1.807) is 0 Å². The lowest BCUT2D eigenvalue weighted by Crippen LogP contribution is -2.34. The zero-order valence-corrected chi connectivity index (χ0v) is 22.1. The molecule has 3 N–H and O–H groups in total. The van der Waals surface area contributed by atoms with E-state index < -0.39 is 10.4 Å². The van der Waals surface area contributed by atoms with Crippen molar-refractivity contribution in [3.8, 4) is 0 Å². The fourth-order valence-corrected chi connectivity index (χ4v) is 3.11. The Labute approximate surface area is 203 Å². The number of carbonyl (C=O) groups is 1. The van der Waals surface area contributed by atoms with E-state index in [-0.39, 0.29) is 12.5 Å². The minimum absolute atomic E-state index is 0.157. The molecular formula is C24H50N2O6S. The first-order chi connectivity index (χ1) is 15.8. The quantitative estimate of drug-likeness (QED) is 0.122. The van der Waals surface area contributed by atoms with Gasteiger partial charge in [-0.1, -0.05) is 70.4 Å². The van der Waals surface area contributed by atoms with Gasteiger partial charge in [-0.25, -0.2) is 0 Å². The van der Waals surface area contributed by atoms with Crippen molar-refractivity contribution >= 4 is 16.3 Å². The van der Waals surface area contributed by atoms with E-state index in [2.05, 4.69) is 28.6 Å². The Kier molecular flexibility index (Phi) is 26.5. The predicted octanol–water partition coefficient (Wildman–Crippen LogP) is 4.50. The van der Waals surface area contributed by atoms with Crippen LogP contribution < -0.4 is 5.32 Å². The third-order valence-electron chi connectivity index (χ3n) is 5.17. The molecule has 0 saturated carbocycles. The highest BCUT2D eigenvalue weighted by molar-refractivity contribution is 7.80. The van der Waals surface area contributed by atoms with Gasteiger partial charge in [0.1, 0.15) is 0 Å². The van der Waals surface area contributed by atoms with Crippen LogP contribution in [0, 0.1) is 0 Å². The number of hydrogen-bond donors (Lipinski definition) is 3.